The van der Waals surface area contributed by atoms with E-state index in [9.17, 15) is 26.4 Å². The topological polar surface area (TPSA) is 72.3 Å². The van der Waals surface area contributed by atoms with Gasteiger partial charge in [0.15, 0.2) is 5.03 Å². The summed E-state index contributed by atoms with van der Waals surface area (Å²) in [5, 5.41) is -0.449. The van der Waals surface area contributed by atoms with Gasteiger partial charge < -0.3 is 4.57 Å². The van der Waals surface area contributed by atoms with Crippen molar-refractivity contribution in [1.29, 1.82) is 0 Å². The Morgan fingerprint density at radius 3 is 2.28 bits per heavy atom. The number of alkyl halides is 3. The number of halogens is 4. The average Bonchev–Trinajstić information content (AvgIpc) is 2.50. The lowest BCUT2D eigenvalue weighted by atomic mass is 10.1. The summed E-state index contributed by atoms with van der Waals surface area (Å²) in [6, 6.07) is 2.23. The van der Waals surface area contributed by atoms with Crippen LogP contribution in [-0.2, 0) is 17.1 Å². The van der Waals surface area contributed by atoms with Crippen LogP contribution in [0.3, 0.4) is 0 Å². The lowest BCUT2D eigenvalue weighted by Crippen LogP contribution is -2.40. The van der Waals surface area contributed by atoms with Gasteiger partial charge in [0.2, 0.25) is 0 Å². The molecular weight excluding hydrogens is 383 g/mol. The third-order valence-corrected chi connectivity index (χ3v) is 5.42. The van der Waals surface area contributed by atoms with Crippen LogP contribution in [0.15, 0.2) is 46.5 Å². The number of aromatic nitrogens is 2. The molecule has 0 aliphatic rings. The van der Waals surface area contributed by atoms with Crippen LogP contribution in [0.4, 0.5) is 13.2 Å². The molecule has 1 aromatic heterocycles. The molecule has 6 nitrogen and oxygen atoms in total. The van der Waals surface area contributed by atoms with Gasteiger partial charge in [0.25, 0.3) is 15.6 Å². The smallest absolute Gasteiger partial charge is 0.314 e. The molecule has 1 heterocycles. The molecule has 0 amide bonds. The second-order valence-corrected chi connectivity index (χ2v) is 7.57. The largest absolute Gasteiger partial charge is 0.409 e. The zero-order valence-corrected chi connectivity index (χ0v) is 14.6. The summed E-state index contributed by atoms with van der Waals surface area (Å²) in [7, 11) is -2.54. The van der Waals surface area contributed by atoms with Gasteiger partial charge in [0.05, 0.1) is 6.20 Å². The Labute approximate surface area is 146 Å². The second-order valence-electron chi connectivity index (χ2n) is 5.19. The van der Waals surface area contributed by atoms with Crippen LogP contribution in [-0.4, -0.2) is 35.5 Å². The molecule has 2 rings (SSSR count). The zero-order valence-electron chi connectivity index (χ0n) is 13.0. The van der Waals surface area contributed by atoms with Crippen LogP contribution in [0.2, 0.25) is 5.02 Å². The molecule has 0 radical (unpaired) electrons. The van der Waals surface area contributed by atoms with Gasteiger partial charge in [-0.2, -0.15) is 17.5 Å². The van der Waals surface area contributed by atoms with Gasteiger partial charge in [0.1, 0.15) is 6.04 Å². The first kappa shape index (κ1) is 19.4. The van der Waals surface area contributed by atoms with E-state index in [4.69, 9.17) is 11.6 Å². The van der Waals surface area contributed by atoms with E-state index in [0.29, 0.717) is 0 Å². The first-order valence-corrected chi connectivity index (χ1v) is 8.59. The lowest BCUT2D eigenvalue weighted by molar-refractivity contribution is -0.171. The highest BCUT2D eigenvalue weighted by atomic mass is 35.5. The number of aryl methyl sites for hydroxylation is 1. The fourth-order valence-corrected chi connectivity index (χ4v) is 3.56. The molecule has 0 unspecified atom stereocenters. The Kier molecular flexibility index (Phi) is 5.26. The maximum Gasteiger partial charge on any atom is 0.409 e. The molecule has 0 aliphatic heterocycles. The first-order chi connectivity index (χ1) is 11.4. The molecule has 0 saturated heterocycles. The Bertz CT molecular complexity index is 927. The molecule has 11 heteroatoms. The highest BCUT2D eigenvalue weighted by Gasteiger charge is 2.48. The van der Waals surface area contributed by atoms with Crippen molar-refractivity contribution in [3.05, 3.63) is 57.6 Å². The fraction of sp³-hybridized carbons (Fsp3) is 0.286. The molecule has 136 valence electrons. The number of benzene rings is 1. The third-order valence-electron chi connectivity index (χ3n) is 3.46. The molecule has 0 N–H and O–H groups in total. The van der Waals surface area contributed by atoms with Gasteiger partial charge >= 0.3 is 6.18 Å². The first-order valence-electron chi connectivity index (χ1n) is 6.77. The van der Waals surface area contributed by atoms with Crippen molar-refractivity contribution in [2.75, 3.05) is 7.05 Å². The van der Waals surface area contributed by atoms with Crippen LogP contribution in [0, 0.1) is 0 Å². The van der Waals surface area contributed by atoms with Crippen LogP contribution >= 0.6 is 11.6 Å². The van der Waals surface area contributed by atoms with Crippen molar-refractivity contribution in [2.24, 2.45) is 7.05 Å². The Hall–Kier alpha value is -1.91. The second kappa shape index (κ2) is 6.77. The molecule has 0 aliphatic carbocycles. The monoisotopic (exact) mass is 395 g/mol. The van der Waals surface area contributed by atoms with E-state index < -0.39 is 32.8 Å². The minimum absolute atomic E-state index is 0.170. The molecule has 0 spiro atoms. The van der Waals surface area contributed by atoms with Crippen LogP contribution in [0.5, 0.6) is 0 Å². The predicted octanol–water partition coefficient (Wildman–Crippen LogP) is 2.36. The highest BCUT2D eigenvalue weighted by molar-refractivity contribution is 7.89. The van der Waals surface area contributed by atoms with Gasteiger partial charge in [-0.15, -0.1) is 0 Å². The third kappa shape index (κ3) is 4.02. The number of hydrogen-bond donors (Lipinski definition) is 0. The minimum Gasteiger partial charge on any atom is -0.314 e. The van der Waals surface area contributed by atoms with Crippen molar-refractivity contribution in [3.63, 3.8) is 0 Å². The SMILES string of the molecule is CN([C@H](c1ccc(Cl)cc1)C(F)(F)F)S(=O)(=O)c1cn(C)c(=O)cn1. The number of nitrogens with zero attached hydrogens (tertiary/aromatic N) is 3. The van der Waals surface area contributed by atoms with Crippen LogP contribution in [0.1, 0.15) is 11.6 Å². The van der Waals surface area contributed by atoms with Gasteiger partial charge in [-0.3, -0.25) is 4.79 Å². The van der Waals surface area contributed by atoms with Crippen molar-refractivity contribution < 1.29 is 21.6 Å². The molecule has 1 aromatic carbocycles. The molecule has 0 bridgehead atoms. The van der Waals surface area contributed by atoms with E-state index in [1.807, 2.05) is 0 Å². The molecular formula is C14H13ClF3N3O3S. The maximum atomic E-state index is 13.5. The molecule has 1 atom stereocenters. The molecule has 25 heavy (non-hydrogen) atoms. The van der Waals surface area contributed by atoms with Crippen molar-refractivity contribution >= 4 is 21.6 Å². The van der Waals surface area contributed by atoms with Gasteiger partial charge in [-0.25, -0.2) is 13.4 Å². The Morgan fingerprint density at radius 1 is 1.24 bits per heavy atom. The number of sulfonamides is 1. The summed E-state index contributed by atoms with van der Waals surface area (Å²) < 4.78 is 66.8. The van der Waals surface area contributed by atoms with E-state index in [1.165, 1.54) is 19.2 Å². The van der Waals surface area contributed by atoms with Gasteiger partial charge in [-0.05, 0) is 17.7 Å². The van der Waals surface area contributed by atoms with Gasteiger partial charge in [-0.1, -0.05) is 23.7 Å². The van der Waals surface area contributed by atoms with Crippen molar-refractivity contribution in [3.8, 4) is 0 Å². The lowest BCUT2D eigenvalue weighted by Gasteiger charge is -2.29. The summed E-state index contributed by atoms with van der Waals surface area (Å²) in [5.41, 5.74) is -0.889. The average molecular weight is 396 g/mol. The van der Waals surface area contributed by atoms with E-state index in [0.717, 1.165) is 36.1 Å². The molecule has 0 fully saturated rings. The summed E-state index contributed by atoms with van der Waals surface area (Å²) in [4.78, 5) is 14.8. The van der Waals surface area contributed by atoms with Crippen LogP contribution in [0.25, 0.3) is 0 Å². The Morgan fingerprint density at radius 2 is 1.80 bits per heavy atom. The normalized spacial score (nSPS) is 13.9. The van der Waals surface area contributed by atoms with Crippen molar-refractivity contribution in [2.45, 2.75) is 17.2 Å². The zero-order chi connectivity index (χ0) is 19.0. The van der Waals surface area contributed by atoms with E-state index in [2.05, 4.69) is 4.98 Å². The predicted molar refractivity (Wildman–Crippen MR) is 84.7 cm³/mol. The summed E-state index contributed by atoms with van der Waals surface area (Å²) >= 11 is 5.67. The quantitative estimate of drug-likeness (QED) is 0.796. The van der Waals surface area contributed by atoms with Crippen molar-refractivity contribution in [1.82, 2.24) is 13.9 Å². The highest BCUT2D eigenvalue weighted by Crippen LogP contribution is 2.39. The Balaban J connectivity index is 2.55. The summed E-state index contributed by atoms with van der Waals surface area (Å²) in [6.07, 6.45) is -3.29. The number of rotatable bonds is 4. The molecule has 2 aromatic rings. The van der Waals surface area contributed by atoms with Gasteiger partial charge in [0, 0.05) is 25.3 Å². The fourth-order valence-electron chi connectivity index (χ4n) is 2.14. The summed E-state index contributed by atoms with van der Waals surface area (Å²) in [5.74, 6) is 0. The minimum atomic E-state index is -4.88. The summed E-state index contributed by atoms with van der Waals surface area (Å²) in [6.45, 7) is 0. The van der Waals surface area contributed by atoms with E-state index in [-0.39, 0.29) is 14.9 Å². The maximum absolute atomic E-state index is 13.5. The standard InChI is InChI=1S/C14H13ClF3N3O3S/c1-20-8-11(19-7-12(20)22)25(23,24)21(2)13(14(16,17)18)9-3-5-10(15)6-4-9/h3-8,13H,1-2H3/t13-/m1/s1. The number of hydrogen-bond acceptors (Lipinski definition) is 4. The molecule has 0 saturated carbocycles. The van der Waals surface area contributed by atoms with Crippen LogP contribution < -0.4 is 5.56 Å². The van der Waals surface area contributed by atoms with E-state index in [1.54, 1.807) is 0 Å². The van der Waals surface area contributed by atoms with E-state index >= 15 is 0 Å².